The topological polar surface area (TPSA) is 35.2 Å². The van der Waals surface area contributed by atoms with Crippen molar-refractivity contribution in [3.05, 3.63) is 70.5 Å². The Kier molecular flexibility index (Phi) is 3.79. The van der Waals surface area contributed by atoms with E-state index in [4.69, 9.17) is 10.5 Å². The Morgan fingerprint density at radius 3 is 2.67 bits per heavy atom. The monoisotopic (exact) mass is 285 g/mol. The molecule has 0 aliphatic carbocycles. The highest BCUT2D eigenvalue weighted by Crippen LogP contribution is 2.45. The van der Waals surface area contributed by atoms with Crippen molar-refractivity contribution in [2.45, 2.75) is 32.0 Å². The predicted molar refractivity (Wildman–Crippen MR) is 81.4 cm³/mol. The first-order chi connectivity index (χ1) is 10.2. The molecule has 21 heavy (non-hydrogen) atoms. The minimum Gasteiger partial charge on any atom is -0.361 e. The van der Waals surface area contributed by atoms with Crippen LogP contribution in [0.5, 0.6) is 0 Å². The van der Waals surface area contributed by atoms with Gasteiger partial charge in [0.05, 0.1) is 6.61 Å². The molecule has 2 nitrogen and oxygen atoms in total. The molecule has 1 heterocycles. The van der Waals surface area contributed by atoms with Gasteiger partial charge in [-0.3, -0.25) is 0 Å². The lowest BCUT2D eigenvalue weighted by Crippen LogP contribution is -2.28. The summed E-state index contributed by atoms with van der Waals surface area (Å²) in [6.45, 7) is 3.30. The third kappa shape index (κ3) is 2.47. The highest BCUT2D eigenvalue weighted by atomic mass is 19.1. The Balaban J connectivity index is 2.10. The van der Waals surface area contributed by atoms with Crippen LogP contribution < -0.4 is 5.73 Å². The van der Waals surface area contributed by atoms with Gasteiger partial charge in [-0.05, 0) is 55.1 Å². The maximum absolute atomic E-state index is 13.2. The van der Waals surface area contributed by atoms with Gasteiger partial charge in [0.25, 0.3) is 0 Å². The van der Waals surface area contributed by atoms with E-state index in [0.29, 0.717) is 13.2 Å². The van der Waals surface area contributed by atoms with Crippen molar-refractivity contribution in [3.8, 4) is 0 Å². The highest BCUT2D eigenvalue weighted by molar-refractivity contribution is 5.45. The summed E-state index contributed by atoms with van der Waals surface area (Å²) in [5.74, 6) is -0.227. The van der Waals surface area contributed by atoms with E-state index in [-0.39, 0.29) is 5.82 Å². The Morgan fingerprint density at radius 2 is 1.95 bits per heavy atom. The molecular formula is C18H20FNO. The van der Waals surface area contributed by atoms with Gasteiger partial charge in [-0.2, -0.15) is 0 Å². The second-order valence-corrected chi connectivity index (χ2v) is 5.68. The molecule has 0 saturated carbocycles. The lowest BCUT2D eigenvalue weighted by atomic mass is 9.81. The number of benzene rings is 2. The second-order valence-electron chi connectivity index (χ2n) is 5.68. The normalized spacial score (nSPS) is 20.5. The zero-order valence-electron chi connectivity index (χ0n) is 12.2. The lowest BCUT2D eigenvalue weighted by molar-refractivity contribution is -0.0126. The molecule has 2 N–H and O–H groups in total. The van der Waals surface area contributed by atoms with Crippen LogP contribution in [0.2, 0.25) is 0 Å². The zero-order chi connectivity index (χ0) is 14.9. The molecule has 0 saturated heterocycles. The number of ether oxygens (including phenoxy) is 1. The molecular weight excluding hydrogens is 265 g/mol. The minimum absolute atomic E-state index is 0.227. The van der Waals surface area contributed by atoms with Crippen LogP contribution in [0.4, 0.5) is 4.39 Å². The average molecular weight is 285 g/mol. The molecule has 3 heteroatoms. The third-order valence-electron chi connectivity index (χ3n) is 4.21. The smallest absolute Gasteiger partial charge is 0.123 e. The minimum atomic E-state index is -0.490. The number of aryl methyl sites for hydroxylation is 1. The van der Waals surface area contributed by atoms with Gasteiger partial charge in [-0.25, -0.2) is 4.39 Å². The second kappa shape index (κ2) is 5.58. The van der Waals surface area contributed by atoms with Gasteiger partial charge in [-0.15, -0.1) is 0 Å². The van der Waals surface area contributed by atoms with Crippen molar-refractivity contribution in [1.82, 2.24) is 0 Å². The van der Waals surface area contributed by atoms with E-state index in [2.05, 4.69) is 25.1 Å². The number of fused-ring (bicyclic) bond motifs is 1. The summed E-state index contributed by atoms with van der Waals surface area (Å²) in [5.41, 5.74) is 9.84. The van der Waals surface area contributed by atoms with Gasteiger partial charge in [0.2, 0.25) is 0 Å². The molecule has 0 bridgehead atoms. The van der Waals surface area contributed by atoms with Gasteiger partial charge in [0.15, 0.2) is 0 Å². The maximum atomic E-state index is 13.2. The van der Waals surface area contributed by atoms with Crippen molar-refractivity contribution in [2.24, 2.45) is 5.73 Å². The molecule has 0 spiro atoms. The van der Waals surface area contributed by atoms with Crippen LogP contribution in [0.1, 0.15) is 35.1 Å². The van der Waals surface area contributed by atoms with Crippen LogP contribution in [0.25, 0.3) is 0 Å². The van der Waals surface area contributed by atoms with E-state index < -0.39 is 5.60 Å². The Labute approximate surface area is 124 Å². The van der Waals surface area contributed by atoms with E-state index >= 15 is 0 Å². The SMILES string of the molecule is Cc1ccc2c(c1)COC2(CCCN)c1ccc(F)cc1. The van der Waals surface area contributed by atoms with Crippen LogP contribution in [0, 0.1) is 12.7 Å². The Hall–Kier alpha value is -1.71. The zero-order valence-corrected chi connectivity index (χ0v) is 12.2. The van der Waals surface area contributed by atoms with Crippen molar-refractivity contribution < 1.29 is 9.13 Å². The molecule has 110 valence electrons. The molecule has 1 atom stereocenters. The van der Waals surface area contributed by atoms with E-state index in [0.717, 1.165) is 18.4 Å². The molecule has 0 amide bonds. The summed E-state index contributed by atoms with van der Waals surface area (Å²) in [6.07, 6.45) is 1.68. The molecule has 0 aromatic heterocycles. The molecule has 0 radical (unpaired) electrons. The van der Waals surface area contributed by atoms with Crippen LogP contribution in [-0.4, -0.2) is 6.54 Å². The van der Waals surface area contributed by atoms with Gasteiger partial charge in [-0.1, -0.05) is 35.9 Å². The number of halogens is 1. The molecule has 1 aliphatic heterocycles. The number of nitrogens with two attached hydrogens (primary N) is 1. The maximum Gasteiger partial charge on any atom is 0.123 e. The average Bonchev–Trinajstić information content (AvgIpc) is 2.85. The van der Waals surface area contributed by atoms with Gasteiger partial charge in [0.1, 0.15) is 11.4 Å². The molecule has 3 rings (SSSR count). The van der Waals surface area contributed by atoms with E-state index in [1.54, 1.807) is 0 Å². The van der Waals surface area contributed by atoms with Gasteiger partial charge in [0, 0.05) is 0 Å². The predicted octanol–water partition coefficient (Wildman–Crippen LogP) is 3.65. The fourth-order valence-corrected chi connectivity index (χ4v) is 3.17. The van der Waals surface area contributed by atoms with Crippen LogP contribution in [0.3, 0.4) is 0 Å². The van der Waals surface area contributed by atoms with Gasteiger partial charge < -0.3 is 10.5 Å². The van der Waals surface area contributed by atoms with E-state index in [1.807, 2.05) is 12.1 Å². The summed E-state index contributed by atoms with van der Waals surface area (Å²) in [6, 6.07) is 13.0. The first-order valence-electron chi connectivity index (χ1n) is 7.36. The lowest BCUT2D eigenvalue weighted by Gasteiger charge is -2.30. The number of hydrogen-bond acceptors (Lipinski definition) is 2. The van der Waals surface area contributed by atoms with E-state index in [9.17, 15) is 4.39 Å². The number of hydrogen-bond donors (Lipinski definition) is 1. The van der Waals surface area contributed by atoms with Crippen molar-refractivity contribution in [3.63, 3.8) is 0 Å². The standard InChI is InChI=1S/C18H20FNO/c1-13-3-8-17-14(11-13)12-21-18(17,9-2-10-20)15-4-6-16(19)7-5-15/h3-8,11H,2,9-10,12,20H2,1H3. The molecule has 2 aromatic rings. The highest BCUT2D eigenvalue weighted by Gasteiger charge is 2.41. The van der Waals surface area contributed by atoms with Crippen molar-refractivity contribution in [1.29, 1.82) is 0 Å². The summed E-state index contributed by atoms with van der Waals surface area (Å²) >= 11 is 0. The fourth-order valence-electron chi connectivity index (χ4n) is 3.17. The van der Waals surface area contributed by atoms with Gasteiger partial charge >= 0.3 is 0 Å². The first-order valence-corrected chi connectivity index (χ1v) is 7.36. The van der Waals surface area contributed by atoms with E-state index in [1.165, 1.54) is 28.8 Å². The first kappa shape index (κ1) is 14.2. The third-order valence-corrected chi connectivity index (χ3v) is 4.21. The Bertz CT molecular complexity index is 638. The van der Waals surface area contributed by atoms with Crippen molar-refractivity contribution >= 4 is 0 Å². The fraction of sp³-hybridized carbons (Fsp3) is 0.333. The van der Waals surface area contributed by atoms with Crippen LogP contribution in [0.15, 0.2) is 42.5 Å². The summed E-state index contributed by atoms with van der Waals surface area (Å²) in [5, 5.41) is 0. The Morgan fingerprint density at radius 1 is 1.19 bits per heavy atom. The number of rotatable bonds is 4. The van der Waals surface area contributed by atoms with Crippen LogP contribution >= 0.6 is 0 Å². The molecule has 0 fully saturated rings. The van der Waals surface area contributed by atoms with Crippen molar-refractivity contribution in [2.75, 3.05) is 6.54 Å². The summed E-state index contributed by atoms with van der Waals surface area (Å²) in [7, 11) is 0. The largest absolute Gasteiger partial charge is 0.361 e. The quantitative estimate of drug-likeness (QED) is 0.930. The summed E-state index contributed by atoms with van der Waals surface area (Å²) < 4.78 is 19.5. The summed E-state index contributed by atoms with van der Waals surface area (Å²) in [4.78, 5) is 0. The molecule has 1 aliphatic rings. The van der Waals surface area contributed by atoms with Crippen LogP contribution in [-0.2, 0) is 16.9 Å². The molecule has 1 unspecified atom stereocenters. The molecule has 2 aromatic carbocycles.